The zero-order valence-corrected chi connectivity index (χ0v) is 9.97. The molecule has 0 aromatic carbocycles. The second kappa shape index (κ2) is 4.07. The third kappa shape index (κ3) is 1.70. The molecule has 0 saturated carbocycles. The normalized spacial score (nSPS) is 24.1. The van der Waals surface area contributed by atoms with Crippen molar-refractivity contribution in [3.63, 3.8) is 0 Å². The van der Waals surface area contributed by atoms with Crippen LogP contribution in [0, 0.1) is 0 Å². The maximum atomic E-state index is 4.62. The number of nitrogens with zero attached hydrogens (tertiary/aromatic N) is 2. The summed E-state index contributed by atoms with van der Waals surface area (Å²) in [5.74, 6) is 0. The van der Waals surface area contributed by atoms with E-state index in [1.807, 2.05) is 6.92 Å². The van der Waals surface area contributed by atoms with Gasteiger partial charge in [-0.2, -0.15) is 5.10 Å². The van der Waals surface area contributed by atoms with Gasteiger partial charge in [0, 0.05) is 30.8 Å². The summed E-state index contributed by atoms with van der Waals surface area (Å²) < 4.78 is 0. The number of aliphatic imine (C=N–C) groups is 1. The summed E-state index contributed by atoms with van der Waals surface area (Å²) in [7, 11) is 0. The van der Waals surface area contributed by atoms with Gasteiger partial charge in [-0.15, -0.1) is 0 Å². The van der Waals surface area contributed by atoms with Crippen molar-refractivity contribution in [2.45, 2.75) is 25.9 Å². The van der Waals surface area contributed by atoms with E-state index in [1.54, 1.807) is 11.8 Å². The van der Waals surface area contributed by atoms with Gasteiger partial charge in [0.2, 0.25) is 0 Å². The van der Waals surface area contributed by atoms with Gasteiger partial charge >= 0.3 is 0 Å². The topological polar surface area (TPSA) is 53.1 Å². The number of H-pyrrole nitrogens is 1. The van der Waals surface area contributed by atoms with Gasteiger partial charge in [-0.25, -0.2) is 0 Å². The lowest BCUT2D eigenvalue weighted by Gasteiger charge is -2.16. The number of nitrogens with one attached hydrogen (secondary N) is 2. The Bertz CT molecular complexity index is 461. The Labute approximate surface area is 98.6 Å². The first-order valence-electron chi connectivity index (χ1n) is 5.49. The van der Waals surface area contributed by atoms with E-state index in [4.69, 9.17) is 0 Å². The Morgan fingerprint density at radius 3 is 3.31 bits per heavy atom. The minimum atomic E-state index is 0.0983. The molecule has 0 aliphatic carbocycles. The van der Waals surface area contributed by atoms with E-state index < -0.39 is 0 Å². The van der Waals surface area contributed by atoms with E-state index >= 15 is 0 Å². The van der Waals surface area contributed by atoms with Gasteiger partial charge in [0.15, 0.2) is 0 Å². The standard InChI is InChI=1S/C11H14N4S/c1-7-13-10(3-5-16-7)11-8-6-12-4-2-9(8)14-15-11/h3,5,10,12H,2,4,6H2,1H3,(H,14,15). The molecule has 1 atom stereocenters. The molecule has 2 aliphatic heterocycles. The molecule has 1 aromatic heterocycles. The Morgan fingerprint density at radius 2 is 2.44 bits per heavy atom. The number of hydrogen-bond acceptors (Lipinski definition) is 4. The smallest absolute Gasteiger partial charge is 0.114 e. The molecule has 3 rings (SSSR count). The zero-order chi connectivity index (χ0) is 11.0. The Balaban J connectivity index is 1.97. The molecule has 4 nitrogen and oxygen atoms in total. The fraction of sp³-hybridized carbons (Fsp3) is 0.455. The van der Waals surface area contributed by atoms with Crippen molar-refractivity contribution < 1.29 is 0 Å². The molecule has 1 unspecified atom stereocenters. The van der Waals surface area contributed by atoms with Crippen molar-refractivity contribution in [2.75, 3.05) is 6.54 Å². The van der Waals surface area contributed by atoms with Gasteiger partial charge < -0.3 is 5.32 Å². The summed E-state index contributed by atoms with van der Waals surface area (Å²) in [6, 6.07) is 0.0983. The lowest BCUT2D eigenvalue weighted by atomic mass is 10.0. The highest BCUT2D eigenvalue weighted by Crippen LogP contribution is 2.29. The van der Waals surface area contributed by atoms with Gasteiger partial charge in [-0.05, 0) is 18.4 Å². The highest BCUT2D eigenvalue weighted by molar-refractivity contribution is 8.16. The average Bonchev–Trinajstić information content (AvgIpc) is 2.72. The molecule has 0 spiro atoms. The monoisotopic (exact) mass is 234 g/mol. The summed E-state index contributed by atoms with van der Waals surface area (Å²) >= 11 is 1.67. The molecule has 0 fully saturated rings. The van der Waals surface area contributed by atoms with Crippen LogP contribution in [0.15, 0.2) is 16.5 Å². The number of aromatic nitrogens is 2. The number of hydrogen-bond donors (Lipinski definition) is 2. The van der Waals surface area contributed by atoms with Crippen LogP contribution in [0.5, 0.6) is 0 Å². The van der Waals surface area contributed by atoms with Crippen molar-refractivity contribution in [2.24, 2.45) is 4.99 Å². The molecule has 3 heterocycles. The Morgan fingerprint density at radius 1 is 1.50 bits per heavy atom. The van der Waals surface area contributed by atoms with Crippen LogP contribution in [-0.4, -0.2) is 21.8 Å². The number of rotatable bonds is 1. The van der Waals surface area contributed by atoms with Crippen LogP contribution in [-0.2, 0) is 13.0 Å². The van der Waals surface area contributed by atoms with Gasteiger partial charge in [-0.1, -0.05) is 11.8 Å². The summed E-state index contributed by atoms with van der Waals surface area (Å²) in [5.41, 5.74) is 3.66. The molecular formula is C11H14N4S. The minimum absolute atomic E-state index is 0.0983. The van der Waals surface area contributed by atoms with Crippen LogP contribution in [0.1, 0.15) is 29.9 Å². The van der Waals surface area contributed by atoms with Gasteiger partial charge in [0.25, 0.3) is 0 Å². The molecule has 0 bridgehead atoms. The van der Waals surface area contributed by atoms with Crippen LogP contribution in [0.25, 0.3) is 0 Å². The average molecular weight is 234 g/mol. The predicted molar refractivity (Wildman–Crippen MR) is 66.6 cm³/mol. The zero-order valence-electron chi connectivity index (χ0n) is 9.16. The first-order chi connectivity index (χ1) is 7.84. The fourth-order valence-corrected chi connectivity index (χ4v) is 2.73. The summed E-state index contributed by atoms with van der Waals surface area (Å²) in [6.45, 7) is 3.99. The molecule has 0 radical (unpaired) electrons. The maximum absolute atomic E-state index is 4.62. The lowest BCUT2D eigenvalue weighted by Crippen LogP contribution is -2.24. The Hall–Kier alpha value is -1.07. The van der Waals surface area contributed by atoms with E-state index in [2.05, 4.69) is 32.0 Å². The summed E-state index contributed by atoms with van der Waals surface area (Å²) in [6.07, 6.45) is 3.15. The van der Waals surface area contributed by atoms with E-state index in [9.17, 15) is 0 Å². The van der Waals surface area contributed by atoms with Crippen LogP contribution < -0.4 is 5.32 Å². The SMILES string of the molecule is CC1=NC(c2n[nH]c3c2CNCC3)C=CS1. The highest BCUT2D eigenvalue weighted by atomic mass is 32.2. The maximum Gasteiger partial charge on any atom is 0.114 e. The molecule has 84 valence electrons. The second-order valence-corrected chi connectivity index (χ2v) is 5.13. The summed E-state index contributed by atoms with van der Waals surface area (Å²) in [4.78, 5) is 4.62. The van der Waals surface area contributed by atoms with Crippen molar-refractivity contribution in [1.82, 2.24) is 15.5 Å². The van der Waals surface area contributed by atoms with Crippen LogP contribution >= 0.6 is 11.8 Å². The van der Waals surface area contributed by atoms with Crippen molar-refractivity contribution in [3.8, 4) is 0 Å². The fourth-order valence-electron chi connectivity index (χ4n) is 2.13. The molecular weight excluding hydrogens is 220 g/mol. The number of fused-ring (bicyclic) bond motifs is 1. The molecule has 1 aromatic rings. The van der Waals surface area contributed by atoms with Crippen molar-refractivity contribution >= 4 is 16.8 Å². The molecule has 5 heteroatoms. The molecule has 0 amide bonds. The molecule has 16 heavy (non-hydrogen) atoms. The largest absolute Gasteiger partial charge is 0.312 e. The van der Waals surface area contributed by atoms with Crippen molar-refractivity contribution in [3.05, 3.63) is 28.4 Å². The van der Waals surface area contributed by atoms with Gasteiger partial charge in [-0.3, -0.25) is 10.1 Å². The highest BCUT2D eigenvalue weighted by Gasteiger charge is 2.22. The minimum Gasteiger partial charge on any atom is -0.312 e. The molecule has 2 aliphatic rings. The van der Waals surface area contributed by atoms with Crippen molar-refractivity contribution in [1.29, 1.82) is 0 Å². The van der Waals surface area contributed by atoms with Crippen LogP contribution in [0.2, 0.25) is 0 Å². The third-order valence-corrected chi connectivity index (χ3v) is 3.68. The first-order valence-corrected chi connectivity index (χ1v) is 6.37. The van der Waals surface area contributed by atoms with E-state index in [-0.39, 0.29) is 6.04 Å². The Kier molecular flexibility index (Phi) is 2.57. The predicted octanol–water partition coefficient (Wildman–Crippen LogP) is 1.78. The summed E-state index contributed by atoms with van der Waals surface area (Å²) in [5, 5.41) is 14.1. The number of thioether (sulfide) groups is 1. The van der Waals surface area contributed by atoms with E-state index in [0.717, 1.165) is 30.2 Å². The molecule has 2 N–H and O–H groups in total. The quantitative estimate of drug-likeness (QED) is 0.778. The first kappa shape index (κ1) is 10.1. The van der Waals surface area contributed by atoms with Crippen LogP contribution in [0.3, 0.4) is 0 Å². The molecule has 0 saturated heterocycles. The second-order valence-electron chi connectivity index (χ2n) is 4.03. The van der Waals surface area contributed by atoms with Crippen LogP contribution in [0.4, 0.5) is 0 Å². The van der Waals surface area contributed by atoms with E-state index in [0.29, 0.717) is 0 Å². The van der Waals surface area contributed by atoms with Gasteiger partial charge in [0.05, 0.1) is 10.7 Å². The number of aromatic amines is 1. The third-order valence-electron chi connectivity index (χ3n) is 2.94. The van der Waals surface area contributed by atoms with E-state index in [1.165, 1.54) is 11.3 Å². The van der Waals surface area contributed by atoms with Gasteiger partial charge in [0.1, 0.15) is 6.04 Å². The lowest BCUT2D eigenvalue weighted by molar-refractivity contribution is 0.632.